The van der Waals surface area contributed by atoms with Crippen LogP contribution in [0.1, 0.15) is 11.1 Å². The summed E-state index contributed by atoms with van der Waals surface area (Å²) < 4.78 is 1.71. The molecule has 0 atom stereocenters. The Labute approximate surface area is 104 Å². The molecule has 0 saturated carbocycles. The lowest BCUT2D eigenvalue weighted by Crippen LogP contribution is -2.12. The monoisotopic (exact) mass is 249 g/mol. The molecule has 0 spiro atoms. The molecule has 0 bridgehead atoms. The summed E-state index contributed by atoms with van der Waals surface area (Å²) in [7, 11) is 1.84. The zero-order chi connectivity index (χ0) is 13.1. The van der Waals surface area contributed by atoms with Crippen molar-refractivity contribution in [2.24, 2.45) is 7.05 Å². The van der Waals surface area contributed by atoms with Crippen molar-refractivity contribution in [2.75, 3.05) is 0 Å². The van der Waals surface area contributed by atoms with E-state index < -0.39 is 5.75 Å². The van der Waals surface area contributed by atoms with Gasteiger partial charge in [-0.05, 0) is 6.07 Å². The molecule has 0 aliphatic carbocycles. The summed E-state index contributed by atoms with van der Waals surface area (Å²) in [6.45, 7) is 0.990. The van der Waals surface area contributed by atoms with Crippen molar-refractivity contribution in [3.05, 3.63) is 35.7 Å². The summed E-state index contributed by atoms with van der Waals surface area (Å²) in [6.07, 6.45) is 3.64. The van der Waals surface area contributed by atoms with Crippen LogP contribution in [-0.4, -0.2) is 25.1 Å². The largest absolute Gasteiger partial charge is 0.504 e. The molecule has 0 aliphatic heterocycles. The molecule has 18 heavy (non-hydrogen) atoms. The standard InChI is InChI=1S/C12H15N3O3/c1-15-7-8(5-14-15)4-13-6-9-2-3-10(16)12(18)11(9)17/h2-3,5,7,13,16-18H,4,6H2,1H3. The molecule has 2 aromatic rings. The van der Waals surface area contributed by atoms with Gasteiger partial charge in [0.25, 0.3) is 0 Å². The van der Waals surface area contributed by atoms with Gasteiger partial charge in [0.15, 0.2) is 11.5 Å². The minimum Gasteiger partial charge on any atom is -0.504 e. The van der Waals surface area contributed by atoms with Gasteiger partial charge in [-0.3, -0.25) is 4.68 Å². The van der Waals surface area contributed by atoms with Crippen molar-refractivity contribution < 1.29 is 15.3 Å². The highest BCUT2D eigenvalue weighted by molar-refractivity contribution is 5.52. The number of rotatable bonds is 4. The Morgan fingerprint density at radius 1 is 1.17 bits per heavy atom. The number of aryl methyl sites for hydroxylation is 1. The summed E-state index contributed by atoms with van der Waals surface area (Å²) >= 11 is 0. The first kappa shape index (κ1) is 12.3. The molecule has 6 heteroatoms. The van der Waals surface area contributed by atoms with Crippen LogP contribution in [0.25, 0.3) is 0 Å². The maximum atomic E-state index is 9.61. The van der Waals surface area contributed by atoms with Gasteiger partial charge < -0.3 is 20.6 Å². The third kappa shape index (κ3) is 2.54. The van der Waals surface area contributed by atoms with E-state index in [1.54, 1.807) is 16.9 Å². The second-order valence-corrected chi connectivity index (χ2v) is 4.07. The summed E-state index contributed by atoms with van der Waals surface area (Å²) in [5.74, 6) is -1.12. The summed E-state index contributed by atoms with van der Waals surface area (Å²) in [5.41, 5.74) is 1.55. The number of aromatic nitrogens is 2. The van der Waals surface area contributed by atoms with E-state index in [0.717, 1.165) is 5.56 Å². The molecule has 1 heterocycles. The lowest BCUT2D eigenvalue weighted by Gasteiger charge is -2.08. The quantitative estimate of drug-likeness (QED) is 0.602. The van der Waals surface area contributed by atoms with E-state index in [2.05, 4.69) is 10.4 Å². The Morgan fingerprint density at radius 2 is 1.94 bits per heavy atom. The molecule has 0 aliphatic rings. The normalized spacial score (nSPS) is 10.7. The van der Waals surface area contributed by atoms with Crippen molar-refractivity contribution in [1.82, 2.24) is 15.1 Å². The van der Waals surface area contributed by atoms with Crippen LogP contribution < -0.4 is 5.32 Å². The minimum atomic E-state index is -0.490. The molecule has 1 aromatic carbocycles. The molecule has 4 N–H and O–H groups in total. The smallest absolute Gasteiger partial charge is 0.200 e. The lowest BCUT2D eigenvalue weighted by atomic mass is 10.1. The fourth-order valence-electron chi connectivity index (χ4n) is 1.66. The second kappa shape index (κ2) is 4.97. The van der Waals surface area contributed by atoms with E-state index in [0.29, 0.717) is 18.7 Å². The van der Waals surface area contributed by atoms with Gasteiger partial charge in [-0.25, -0.2) is 0 Å². The number of nitrogens with zero attached hydrogens (tertiary/aromatic N) is 2. The van der Waals surface area contributed by atoms with E-state index in [4.69, 9.17) is 0 Å². The molecule has 1 aromatic heterocycles. The van der Waals surface area contributed by atoms with E-state index in [1.165, 1.54) is 6.07 Å². The SMILES string of the molecule is Cn1cc(CNCc2ccc(O)c(O)c2O)cn1. The topological polar surface area (TPSA) is 90.5 Å². The van der Waals surface area contributed by atoms with Gasteiger partial charge in [0.1, 0.15) is 0 Å². The van der Waals surface area contributed by atoms with Gasteiger partial charge >= 0.3 is 0 Å². The van der Waals surface area contributed by atoms with Crippen molar-refractivity contribution in [3.8, 4) is 17.2 Å². The third-order valence-electron chi connectivity index (χ3n) is 2.62. The number of aromatic hydroxyl groups is 3. The first-order chi connectivity index (χ1) is 8.58. The van der Waals surface area contributed by atoms with E-state index >= 15 is 0 Å². The number of hydrogen-bond donors (Lipinski definition) is 4. The molecule has 0 unspecified atom stereocenters. The first-order valence-electron chi connectivity index (χ1n) is 5.49. The van der Waals surface area contributed by atoms with Crippen LogP contribution in [0.3, 0.4) is 0 Å². The number of nitrogens with one attached hydrogen (secondary N) is 1. The molecular weight excluding hydrogens is 234 g/mol. The third-order valence-corrected chi connectivity index (χ3v) is 2.62. The van der Waals surface area contributed by atoms with Crippen molar-refractivity contribution >= 4 is 0 Å². The second-order valence-electron chi connectivity index (χ2n) is 4.07. The fourth-order valence-corrected chi connectivity index (χ4v) is 1.66. The number of hydrogen-bond acceptors (Lipinski definition) is 5. The maximum absolute atomic E-state index is 9.61. The summed E-state index contributed by atoms with van der Waals surface area (Å²) in [5, 5.41) is 35.3. The molecule has 0 radical (unpaired) electrons. The fraction of sp³-hybridized carbons (Fsp3) is 0.250. The molecule has 96 valence electrons. The Morgan fingerprint density at radius 3 is 2.61 bits per heavy atom. The van der Waals surface area contributed by atoms with Crippen LogP contribution in [0.5, 0.6) is 17.2 Å². The number of phenolic OH excluding ortho intramolecular Hbond substituents is 3. The molecule has 0 amide bonds. The van der Waals surface area contributed by atoms with Crippen LogP contribution in [0, 0.1) is 0 Å². The van der Waals surface area contributed by atoms with E-state index in [-0.39, 0.29) is 11.5 Å². The minimum absolute atomic E-state index is 0.298. The van der Waals surface area contributed by atoms with Crippen LogP contribution in [-0.2, 0) is 20.1 Å². The Hall–Kier alpha value is -2.21. The molecule has 6 nitrogen and oxygen atoms in total. The predicted octanol–water partition coefficient (Wildman–Crippen LogP) is 0.827. The predicted molar refractivity (Wildman–Crippen MR) is 65.2 cm³/mol. The molecule has 0 fully saturated rings. The Bertz CT molecular complexity index is 551. The number of benzene rings is 1. The average molecular weight is 249 g/mol. The molecule has 2 rings (SSSR count). The Balaban J connectivity index is 1.96. The zero-order valence-corrected chi connectivity index (χ0v) is 9.96. The van der Waals surface area contributed by atoms with E-state index in [1.807, 2.05) is 13.2 Å². The van der Waals surface area contributed by atoms with Crippen LogP contribution in [0.2, 0.25) is 0 Å². The maximum Gasteiger partial charge on any atom is 0.200 e. The van der Waals surface area contributed by atoms with Gasteiger partial charge in [0.2, 0.25) is 5.75 Å². The van der Waals surface area contributed by atoms with E-state index in [9.17, 15) is 15.3 Å². The number of phenols is 3. The van der Waals surface area contributed by atoms with Crippen LogP contribution in [0.15, 0.2) is 24.5 Å². The zero-order valence-electron chi connectivity index (χ0n) is 9.96. The van der Waals surface area contributed by atoms with Gasteiger partial charge in [0, 0.05) is 37.5 Å². The summed E-state index contributed by atoms with van der Waals surface area (Å²) in [6, 6.07) is 2.90. The van der Waals surface area contributed by atoms with Crippen LogP contribution in [0.4, 0.5) is 0 Å². The van der Waals surface area contributed by atoms with Gasteiger partial charge in [-0.15, -0.1) is 0 Å². The van der Waals surface area contributed by atoms with Crippen molar-refractivity contribution in [2.45, 2.75) is 13.1 Å². The average Bonchev–Trinajstić information content (AvgIpc) is 2.75. The summed E-state index contributed by atoms with van der Waals surface area (Å²) in [4.78, 5) is 0. The lowest BCUT2D eigenvalue weighted by molar-refractivity contribution is 0.364. The molecule has 0 saturated heterocycles. The highest BCUT2D eigenvalue weighted by Crippen LogP contribution is 2.36. The van der Waals surface area contributed by atoms with Gasteiger partial charge in [0.05, 0.1) is 6.20 Å². The highest BCUT2D eigenvalue weighted by Gasteiger charge is 2.10. The van der Waals surface area contributed by atoms with Crippen LogP contribution >= 0.6 is 0 Å². The van der Waals surface area contributed by atoms with Crippen molar-refractivity contribution in [3.63, 3.8) is 0 Å². The van der Waals surface area contributed by atoms with Crippen molar-refractivity contribution in [1.29, 1.82) is 0 Å². The molecular formula is C12H15N3O3. The van der Waals surface area contributed by atoms with Gasteiger partial charge in [-0.1, -0.05) is 6.07 Å². The Kier molecular flexibility index (Phi) is 3.38. The highest BCUT2D eigenvalue weighted by atomic mass is 16.3. The first-order valence-corrected chi connectivity index (χ1v) is 5.49. The van der Waals surface area contributed by atoms with Gasteiger partial charge in [-0.2, -0.15) is 5.10 Å².